The van der Waals surface area contributed by atoms with Gasteiger partial charge in [0.05, 0.1) is 22.1 Å². The van der Waals surface area contributed by atoms with Crippen LogP contribution in [0.4, 0.5) is 5.69 Å². The zero-order chi connectivity index (χ0) is 29.9. The fourth-order valence-electron chi connectivity index (χ4n) is 6.65. The van der Waals surface area contributed by atoms with Crippen LogP contribution in [0.3, 0.4) is 0 Å². The molecule has 0 saturated heterocycles. The van der Waals surface area contributed by atoms with Gasteiger partial charge in [-0.05, 0) is 82.1 Å². The van der Waals surface area contributed by atoms with Crippen LogP contribution >= 0.6 is 11.8 Å². The number of hydrogen-bond acceptors (Lipinski definition) is 3. The van der Waals surface area contributed by atoms with Crippen molar-refractivity contribution in [3.8, 4) is 16.8 Å². The van der Waals surface area contributed by atoms with Gasteiger partial charge in [-0.3, -0.25) is 0 Å². The Morgan fingerprint density at radius 1 is 0.556 bits per heavy atom. The van der Waals surface area contributed by atoms with Gasteiger partial charge in [0.15, 0.2) is 0 Å². The lowest BCUT2D eigenvalue weighted by atomic mass is 10.0. The first-order valence-corrected chi connectivity index (χ1v) is 16.1. The molecule has 9 rings (SSSR count). The average molecular weight is 597 g/mol. The lowest BCUT2D eigenvalue weighted by molar-refractivity contribution is 0.669. The number of thioether (sulfide) groups is 1. The van der Waals surface area contributed by atoms with Gasteiger partial charge in [-0.25, -0.2) is 0 Å². The van der Waals surface area contributed by atoms with E-state index in [1.807, 2.05) is 12.1 Å². The Bertz CT molecular complexity index is 2540. The van der Waals surface area contributed by atoms with Gasteiger partial charge in [-0.2, -0.15) is 0 Å². The molecule has 4 heteroatoms. The third kappa shape index (κ3) is 4.29. The standard InChI is InChI=1S/C41H28N2OS/c42-41-39(21-20-37-40(41)33-19-16-30(24-38(33)44-37)27-8-2-1-3-9-27)45-25-26-14-17-31(18-15-26)43-35-13-7-6-12-32(35)34-22-28-10-4-5-11-29(28)23-36(34)43/h1-24H,25,42H2. The van der Waals surface area contributed by atoms with Crippen LogP contribution in [0.2, 0.25) is 0 Å². The third-order valence-corrected chi connectivity index (χ3v) is 10.0. The fourth-order valence-corrected chi connectivity index (χ4v) is 7.58. The van der Waals surface area contributed by atoms with E-state index >= 15 is 0 Å². The largest absolute Gasteiger partial charge is 0.456 e. The van der Waals surface area contributed by atoms with Crippen LogP contribution in [-0.4, -0.2) is 4.57 Å². The Labute approximate surface area is 264 Å². The van der Waals surface area contributed by atoms with Gasteiger partial charge in [-0.15, -0.1) is 11.8 Å². The molecule has 3 nitrogen and oxygen atoms in total. The molecule has 214 valence electrons. The maximum atomic E-state index is 6.79. The Morgan fingerprint density at radius 2 is 1.31 bits per heavy atom. The van der Waals surface area contributed by atoms with Gasteiger partial charge >= 0.3 is 0 Å². The monoisotopic (exact) mass is 596 g/mol. The summed E-state index contributed by atoms with van der Waals surface area (Å²) in [5.41, 5.74) is 16.4. The molecule has 7 aromatic carbocycles. The van der Waals surface area contributed by atoms with Crippen LogP contribution in [-0.2, 0) is 5.75 Å². The number of benzene rings is 7. The highest BCUT2D eigenvalue weighted by molar-refractivity contribution is 7.98. The van der Waals surface area contributed by atoms with Crippen molar-refractivity contribution in [3.05, 3.63) is 151 Å². The molecule has 2 aromatic heterocycles. The molecule has 0 atom stereocenters. The van der Waals surface area contributed by atoms with Gasteiger partial charge in [-0.1, -0.05) is 91.0 Å². The van der Waals surface area contributed by atoms with Crippen molar-refractivity contribution >= 4 is 72.0 Å². The van der Waals surface area contributed by atoms with Crippen molar-refractivity contribution in [2.75, 3.05) is 5.73 Å². The van der Waals surface area contributed by atoms with Crippen molar-refractivity contribution < 1.29 is 4.42 Å². The van der Waals surface area contributed by atoms with E-state index in [9.17, 15) is 0 Å². The van der Waals surface area contributed by atoms with Crippen molar-refractivity contribution in [2.45, 2.75) is 10.6 Å². The summed E-state index contributed by atoms with van der Waals surface area (Å²) in [6.07, 6.45) is 0. The highest BCUT2D eigenvalue weighted by atomic mass is 32.2. The molecule has 0 bridgehead atoms. The first kappa shape index (κ1) is 26.0. The summed E-state index contributed by atoms with van der Waals surface area (Å²) in [7, 11) is 0. The fraction of sp³-hybridized carbons (Fsp3) is 0.0244. The Balaban J connectivity index is 1.03. The van der Waals surface area contributed by atoms with E-state index in [4.69, 9.17) is 10.2 Å². The maximum Gasteiger partial charge on any atom is 0.137 e. The number of hydrogen-bond donors (Lipinski definition) is 1. The van der Waals surface area contributed by atoms with Crippen molar-refractivity contribution in [3.63, 3.8) is 0 Å². The normalized spacial score (nSPS) is 11.8. The molecular weight excluding hydrogens is 569 g/mol. The number of rotatable bonds is 5. The van der Waals surface area contributed by atoms with Crippen LogP contribution in [0.15, 0.2) is 155 Å². The predicted octanol–water partition coefficient (Wildman–Crippen LogP) is 11.4. The second-order valence-corrected chi connectivity index (χ2v) is 12.6. The Morgan fingerprint density at radius 3 is 2.16 bits per heavy atom. The lowest BCUT2D eigenvalue weighted by Crippen LogP contribution is -1.94. The summed E-state index contributed by atoms with van der Waals surface area (Å²) < 4.78 is 8.64. The summed E-state index contributed by atoms with van der Waals surface area (Å²) in [5, 5.41) is 7.10. The minimum Gasteiger partial charge on any atom is -0.456 e. The summed E-state index contributed by atoms with van der Waals surface area (Å²) >= 11 is 1.76. The van der Waals surface area contributed by atoms with Gasteiger partial charge < -0.3 is 14.7 Å². The highest BCUT2D eigenvalue weighted by Gasteiger charge is 2.16. The Hall–Kier alpha value is -5.45. The van der Waals surface area contributed by atoms with E-state index in [-0.39, 0.29) is 0 Å². The molecule has 0 aliphatic heterocycles. The molecule has 9 aromatic rings. The number of furan rings is 1. The quantitative estimate of drug-likeness (QED) is 0.159. The summed E-state index contributed by atoms with van der Waals surface area (Å²) in [6.45, 7) is 0. The number of nitrogens with zero attached hydrogens (tertiary/aromatic N) is 1. The number of fused-ring (bicyclic) bond motifs is 7. The summed E-state index contributed by atoms with van der Waals surface area (Å²) in [6, 6.07) is 51.7. The zero-order valence-electron chi connectivity index (χ0n) is 24.4. The molecule has 0 aliphatic rings. The lowest BCUT2D eigenvalue weighted by Gasteiger charge is -2.10. The number of anilines is 1. The second kappa shape index (κ2) is 10.3. The van der Waals surface area contributed by atoms with Crippen LogP contribution in [0.25, 0.3) is 71.3 Å². The molecule has 0 aliphatic carbocycles. The minimum atomic E-state index is 0.776. The van der Waals surface area contributed by atoms with Gasteiger partial charge in [0, 0.05) is 32.5 Å². The van der Waals surface area contributed by atoms with E-state index in [1.165, 1.54) is 43.7 Å². The average Bonchev–Trinajstić information content (AvgIpc) is 3.63. The molecule has 0 saturated carbocycles. The SMILES string of the molecule is Nc1c(SCc2ccc(-n3c4ccccc4c4cc5ccccc5cc43)cc2)ccc2oc3cc(-c4ccccc4)ccc3c12. The number of nitrogens with two attached hydrogens (primary N) is 1. The minimum absolute atomic E-state index is 0.776. The first-order chi connectivity index (χ1) is 22.2. The van der Waals surface area contributed by atoms with Crippen molar-refractivity contribution in [2.24, 2.45) is 0 Å². The predicted molar refractivity (Wildman–Crippen MR) is 191 cm³/mol. The summed E-state index contributed by atoms with van der Waals surface area (Å²) in [5.74, 6) is 0.821. The molecule has 2 N–H and O–H groups in total. The number of para-hydroxylation sites is 1. The zero-order valence-corrected chi connectivity index (χ0v) is 25.2. The summed E-state index contributed by atoms with van der Waals surface area (Å²) in [4.78, 5) is 1.07. The van der Waals surface area contributed by atoms with Crippen LogP contribution in [0.5, 0.6) is 0 Å². The first-order valence-electron chi connectivity index (χ1n) is 15.2. The molecule has 0 radical (unpaired) electrons. The molecule has 0 unspecified atom stereocenters. The van der Waals surface area contributed by atoms with Crippen LogP contribution < -0.4 is 5.73 Å². The van der Waals surface area contributed by atoms with Crippen molar-refractivity contribution in [1.29, 1.82) is 0 Å². The second-order valence-electron chi connectivity index (χ2n) is 11.6. The topological polar surface area (TPSA) is 44.1 Å². The van der Waals surface area contributed by atoms with Gasteiger partial charge in [0.1, 0.15) is 11.2 Å². The van der Waals surface area contributed by atoms with E-state index in [0.717, 1.165) is 49.5 Å². The molecule has 0 fully saturated rings. The van der Waals surface area contributed by atoms with Gasteiger partial charge in [0.25, 0.3) is 0 Å². The smallest absolute Gasteiger partial charge is 0.137 e. The van der Waals surface area contributed by atoms with Crippen molar-refractivity contribution in [1.82, 2.24) is 4.57 Å². The number of aromatic nitrogens is 1. The molecular formula is C41H28N2OS. The van der Waals surface area contributed by atoms with E-state index in [0.29, 0.717) is 0 Å². The molecule has 0 amide bonds. The third-order valence-electron chi connectivity index (χ3n) is 8.87. The molecule has 45 heavy (non-hydrogen) atoms. The maximum absolute atomic E-state index is 6.79. The van der Waals surface area contributed by atoms with Crippen LogP contribution in [0, 0.1) is 0 Å². The number of nitrogen functional groups attached to an aromatic ring is 1. The van der Waals surface area contributed by atoms with Gasteiger partial charge in [0.2, 0.25) is 0 Å². The molecule has 0 spiro atoms. The highest BCUT2D eigenvalue weighted by Crippen LogP contribution is 2.41. The molecule has 2 heterocycles. The Kier molecular flexibility index (Phi) is 5.97. The van der Waals surface area contributed by atoms with Crippen LogP contribution in [0.1, 0.15) is 5.56 Å². The van der Waals surface area contributed by atoms with E-state index in [1.54, 1.807) is 11.8 Å². The van der Waals surface area contributed by atoms with E-state index < -0.39 is 0 Å². The van der Waals surface area contributed by atoms with E-state index in [2.05, 4.69) is 138 Å².